The molecule has 2 heterocycles. The summed E-state index contributed by atoms with van der Waals surface area (Å²) in [6.07, 6.45) is 2.21. The molecule has 1 aliphatic heterocycles. The molecule has 1 saturated heterocycles. The standard InChI is InChI=1S/C21H33N3O3/c1-9-17(25)22-16-12-24(11-15(16)10-20(4,5)6)19(26)21(7,8)18-13(2)23-27-14(18)3/h9,15-16H,1,10-12H2,2-8H3,(H,22,25)/t15-,16-/m1/s1. The SMILES string of the molecule is C=CC(=O)N[C@@H]1CN(C(=O)C(C)(C)c2c(C)noc2C)C[C@H]1CC(C)(C)C. The van der Waals surface area contributed by atoms with Crippen molar-refractivity contribution >= 4 is 11.8 Å². The third-order valence-corrected chi connectivity index (χ3v) is 5.31. The molecule has 0 saturated carbocycles. The van der Waals surface area contributed by atoms with Crippen LogP contribution >= 0.6 is 0 Å². The zero-order chi connectivity index (χ0) is 20.6. The summed E-state index contributed by atoms with van der Waals surface area (Å²) in [5.74, 6) is 0.718. The summed E-state index contributed by atoms with van der Waals surface area (Å²) in [5.41, 5.74) is 0.960. The lowest BCUT2D eigenvalue weighted by Crippen LogP contribution is -2.45. The maximum atomic E-state index is 13.4. The average Bonchev–Trinajstić information content (AvgIpc) is 3.08. The van der Waals surface area contributed by atoms with Crippen LogP contribution in [0, 0.1) is 25.2 Å². The van der Waals surface area contributed by atoms with Gasteiger partial charge in [-0.3, -0.25) is 9.59 Å². The Bertz CT molecular complexity index is 708. The minimum Gasteiger partial charge on any atom is -0.361 e. The first kappa shape index (κ1) is 21.2. The number of carbonyl (C=O) groups is 2. The van der Waals surface area contributed by atoms with Crippen molar-refractivity contribution in [1.29, 1.82) is 0 Å². The van der Waals surface area contributed by atoms with Gasteiger partial charge in [0, 0.05) is 18.7 Å². The highest BCUT2D eigenvalue weighted by Gasteiger charge is 2.44. The van der Waals surface area contributed by atoms with Crippen molar-refractivity contribution in [1.82, 2.24) is 15.4 Å². The Kier molecular flexibility index (Phi) is 5.88. The molecular weight excluding hydrogens is 342 g/mol. The number of likely N-dealkylation sites (tertiary alicyclic amines) is 1. The molecule has 1 aliphatic rings. The molecule has 1 N–H and O–H groups in total. The molecule has 27 heavy (non-hydrogen) atoms. The monoisotopic (exact) mass is 375 g/mol. The van der Waals surface area contributed by atoms with Gasteiger partial charge in [0.15, 0.2) is 0 Å². The van der Waals surface area contributed by atoms with Crippen LogP contribution in [0.4, 0.5) is 0 Å². The molecule has 2 amide bonds. The van der Waals surface area contributed by atoms with E-state index in [-0.39, 0.29) is 29.2 Å². The van der Waals surface area contributed by atoms with E-state index >= 15 is 0 Å². The van der Waals surface area contributed by atoms with Gasteiger partial charge in [-0.25, -0.2) is 0 Å². The molecule has 0 spiro atoms. The van der Waals surface area contributed by atoms with E-state index < -0.39 is 5.41 Å². The van der Waals surface area contributed by atoms with E-state index in [2.05, 4.69) is 37.8 Å². The summed E-state index contributed by atoms with van der Waals surface area (Å²) in [6, 6.07) is -0.0702. The number of nitrogens with one attached hydrogen (secondary N) is 1. The number of hydrogen-bond donors (Lipinski definition) is 1. The number of aromatic nitrogens is 1. The molecule has 0 bridgehead atoms. The second-order valence-electron chi connectivity index (χ2n) is 9.38. The van der Waals surface area contributed by atoms with Crippen LogP contribution in [0.15, 0.2) is 17.2 Å². The molecule has 0 aromatic carbocycles. The van der Waals surface area contributed by atoms with Crippen molar-refractivity contribution < 1.29 is 14.1 Å². The van der Waals surface area contributed by atoms with E-state index in [4.69, 9.17) is 4.52 Å². The van der Waals surface area contributed by atoms with Gasteiger partial charge in [-0.1, -0.05) is 32.5 Å². The molecule has 1 aromatic heterocycles. The van der Waals surface area contributed by atoms with Crippen molar-refractivity contribution in [2.75, 3.05) is 13.1 Å². The quantitative estimate of drug-likeness (QED) is 0.802. The Morgan fingerprint density at radius 3 is 2.37 bits per heavy atom. The van der Waals surface area contributed by atoms with Gasteiger partial charge in [-0.2, -0.15) is 0 Å². The predicted molar refractivity (Wildman–Crippen MR) is 105 cm³/mol. The largest absolute Gasteiger partial charge is 0.361 e. The molecule has 0 radical (unpaired) electrons. The first-order chi connectivity index (χ1) is 12.4. The molecule has 150 valence electrons. The van der Waals surface area contributed by atoms with Gasteiger partial charge in [-0.05, 0) is 51.5 Å². The minimum absolute atomic E-state index is 0.0335. The normalized spacial score (nSPS) is 20.6. The van der Waals surface area contributed by atoms with Crippen LogP contribution < -0.4 is 5.32 Å². The van der Waals surface area contributed by atoms with Gasteiger partial charge in [0.25, 0.3) is 0 Å². The van der Waals surface area contributed by atoms with Gasteiger partial charge in [0.1, 0.15) is 5.76 Å². The summed E-state index contributed by atoms with van der Waals surface area (Å²) in [5, 5.41) is 7.02. The molecule has 2 atom stereocenters. The van der Waals surface area contributed by atoms with E-state index in [1.54, 1.807) is 0 Å². The van der Waals surface area contributed by atoms with Crippen molar-refractivity contribution in [3.63, 3.8) is 0 Å². The zero-order valence-electron chi connectivity index (χ0n) is 17.7. The number of nitrogens with zero attached hydrogens (tertiary/aromatic N) is 2. The van der Waals surface area contributed by atoms with E-state index in [9.17, 15) is 9.59 Å². The molecular formula is C21H33N3O3. The number of rotatable bonds is 5. The van der Waals surface area contributed by atoms with E-state index in [0.29, 0.717) is 18.8 Å². The smallest absolute Gasteiger partial charge is 0.243 e. The lowest BCUT2D eigenvalue weighted by Gasteiger charge is -2.30. The summed E-state index contributed by atoms with van der Waals surface area (Å²) in [6.45, 7) is 18.7. The summed E-state index contributed by atoms with van der Waals surface area (Å²) in [4.78, 5) is 27.2. The fourth-order valence-electron chi connectivity index (χ4n) is 4.31. The van der Waals surface area contributed by atoms with Gasteiger partial charge < -0.3 is 14.7 Å². The molecule has 6 nitrogen and oxygen atoms in total. The fraction of sp³-hybridized carbons (Fsp3) is 0.667. The maximum Gasteiger partial charge on any atom is 0.243 e. The van der Waals surface area contributed by atoms with E-state index in [1.165, 1.54) is 6.08 Å². The Hall–Kier alpha value is -2.11. The highest BCUT2D eigenvalue weighted by molar-refractivity contribution is 5.89. The molecule has 1 aromatic rings. The molecule has 2 rings (SSSR count). The predicted octanol–water partition coefficient (Wildman–Crippen LogP) is 3.13. The van der Waals surface area contributed by atoms with Crippen molar-refractivity contribution in [2.45, 2.75) is 66.3 Å². The minimum atomic E-state index is -0.738. The van der Waals surface area contributed by atoms with Crippen LogP contribution in [0.25, 0.3) is 0 Å². The Morgan fingerprint density at radius 1 is 1.26 bits per heavy atom. The molecule has 6 heteroatoms. The number of aryl methyl sites for hydroxylation is 2. The average molecular weight is 376 g/mol. The summed E-state index contributed by atoms with van der Waals surface area (Å²) < 4.78 is 5.28. The van der Waals surface area contributed by atoms with Crippen LogP contribution in [0.1, 0.15) is 58.1 Å². The van der Waals surface area contributed by atoms with Gasteiger partial charge >= 0.3 is 0 Å². The van der Waals surface area contributed by atoms with Crippen LogP contribution in [0.3, 0.4) is 0 Å². The third kappa shape index (κ3) is 4.60. The lowest BCUT2D eigenvalue weighted by molar-refractivity contribution is -0.135. The van der Waals surface area contributed by atoms with Crippen molar-refractivity contribution in [3.8, 4) is 0 Å². The summed E-state index contributed by atoms with van der Waals surface area (Å²) >= 11 is 0. The maximum absolute atomic E-state index is 13.4. The number of carbonyl (C=O) groups excluding carboxylic acids is 2. The molecule has 0 aliphatic carbocycles. The van der Waals surface area contributed by atoms with Crippen LogP contribution in [0.5, 0.6) is 0 Å². The van der Waals surface area contributed by atoms with Gasteiger partial charge in [0.05, 0.1) is 17.2 Å². The van der Waals surface area contributed by atoms with Crippen molar-refractivity contribution in [3.05, 3.63) is 29.7 Å². The van der Waals surface area contributed by atoms with Gasteiger partial charge in [0.2, 0.25) is 11.8 Å². The van der Waals surface area contributed by atoms with Crippen molar-refractivity contribution in [2.24, 2.45) is 11.3 Å². The molecule has 0 unspecified atom stereocenters. The van der Waals surface area contributed by atoms with E-state index in [0.717, 1.165) is 17.7 Å². The third-order valence-electron chi connectivity index (χ3n) is 5.31. The first-order valence-corrected chi connectivity index (χ1v) is 9.52. The van der Waals surface area contributed by atoms with Crippen LogP contribution in [0.2, 0.25) is 0 Å². The Balaban J connectivity index is 2.25. The summed E-state index contributed by atoms with van der Waals surface area (Å²) in [7, 11) is 0. The Morgan fingerprint density at radius 2 is 1.89 bits per heavy atom. The second kappa shape index (κ2) is 7.49. The zero-order valence-corrected chi connectivity index (χ0v) is 17.7. The topological polar surface area (TPSA) is 75.4 Å². The van der Waals surface area contributed by atoms with Crippen LogP contribution in [-0.4, -0.2) is 41.0 Å². The highest BCUT2D eigenvalue weighted by Crippen LogP contribution is 2.35. The number of hydrogen-bond acceptors (Lipinski definition) is 4. The number of amides is 2. The Labute approximate surface area is 162 Å². The first-order valence-electron chi connectivity index (χ1n) is 9.52. The lowest BCUT2D eigenvalue weighted by atomic mass is 9.81. The molecule has 1 fully saturated rings. The van der Waals surface area contributed by atoms with Crippen LogP contribution in [-0.2, 0) is 15.0 Å². The van der Waals surface area contributed by atoms with Gasteiger partial charge in [-0.15, -0.1) is 0 Å². The fourth-order valence-corrected chi connectivity index (χ4v) is 4.31. The second-order valence-corrected chi connectivity index (χ2v) is 9.38. The van der Waals surface area contributed by atoms with E-state index in [1.807, 2.05) is 32.6 Å². The highest BCUT2D eigenvalue weighted by atomic mass is 16.5.